The molecule has 0 spiro atoms. The van der Waals surface area contributed by atoms with Gasteiger partial charge in [0.05, 0.1) is 13.2 Å². The molecule has 0 saturated carbocycles. The van der Waals surface area contributed by atoms with Crippen molar-refractivity contribution in [3.63, 3.8) is 0 Å². The molecule has 0 aromatic heterocycles. The first-order chi connectivity index (χ1) is 9.22. The van der Waals surface area contributed by atoms with Crippen molar-refractivity contribution in [3.05, 3.63) is 28.7 Å². The van der Waals surface area contributed by atoms with E-state index in [2.05, 4.69) is 26.6 Å². The van der Waals surface area contributed by atoms with Crippen LogP contribution in [0.25, 0.3) is 0 Å². The quantitative estimate of drug-likeness (QED) is 0.643. The zero-order chi connectivity index (χ0) is 13.9. The molecular formula is C13H20BrClN2O2S. The molecular weight excluding hydrogens is 364 g/mol. The second kappa shape index (κ2) is 12.3. The van der Waals surface area contributed by atoms with E-state index in [-0.39, 0.29) is 18.3 Å². The minimum atomic E-state index is 0. The second-order valence-corrected chi connectivity index (χ2v) is 5.94. The van der Waals surface area contributed by atoms with E-state index in [1.54, 1.807) is 18.8 Å². The van der Waals surface area contributed by atoms with Gasteiger partial charge in [0.25, 0.3) is 0 Å². The Hall–Kier alpha value is -0.430. The van der Waals surface area contributed by atoms with Gasteiger partial charge in [0, 0.05) is 22.5 Å². The molecule has 1 amide bonds. The number of ether oxygens (including phenoxy) is 1. The number of likely N-dealkylation sites (N-methyl/N-ethyl adjacent to an activating group) is 1. The highest BCUT2D eigenvalue weighted by Gasteiger charge is 1.98. The summed E-state index contributed by atoms with van der Waals surface area (Å²) < 4.78 is 6.62. The van der Waals surface area contributed by atoms with E-state index in [1.807, 2.05) is 24.3 Å². The van der Waals surface area contributed by atoms with Crippen LogP contribution in [0.1, 0.15) is 0 Å². The molecule has 0 fully saturated rings. The number of carbonyl (C=O) groups is 1. The van der Waals surface area contributed by atoms with E-state index in [9.17, 15) is 4.79 Å². The average Bonchev–Trinajstić information content (AvgIpc) is 2.38. The lowest BCUT2D eigenvalue weighted by Gasteiger charge is -2.07. The van der Waals surface area contributed by atoms with Crippen LogP contribution >= 0.6 is 40.1 Å². The van der Waals surface area contributed by atoms with Gasteiger partial charge in [-0.3, -0.25) is 4.79 Å². The topological polar surface area (TPSA) is 50.4 Å². The predicted molar refractivity (Wildman–Crippen MR) is 91.1 cm³/mol. The molecule has 1 rings (SSSR count). The Labute approximate surface area is 139 Å². The molecule has 1 aromatic carbocycles. The van der Waals surface area contributed by atoms with E-state index < -0.39 is 0 Å². The molecule has 0 bridgehead atoms. The fourth-order valence-corrected chi connectivity index (χ4v) is 2.39. The lowest BCUT2D eigenvalue weighted by molar-refractivity contribution is -0.120. The van der Waals surface area contributed by atoms with Crippen molar-refractivity contribution < 1.29 is 9.53 Å². The Morgan fingerprint density at radius 3 is 2.90 bits per heavy atom. The van der Waals surface area contributed by atoms with Crippen LogP contribution in [-0.4, -0.2) is 44.2 Å². The monoisotopic (exact) mass is 382 g/mol. The fraction of sp³-hybridized carbons (Fsp3) is 0.462. The number of rotatable bonds is 9. The Morgan fingerprint density at radius 2 is 2.20 bits per heavy atom. The van der Waals surface area contributed by atoms with Crippen LogP contribution < -0.4 is 15.4 Å². The molecule has 7 heteroatoms. The van der Waals surface area contributed by atoms with Crippen molar-refractivity contribution in [2.45, 2.75) is 0 Å². The van der Waals surface area contributed by atoms with Gasteiger partial charge in [-0.05, 0) is 25.2 Å². The van der Waals surface area contributed by atoms with Gasteiger partial charge in [0.15, 0.2) is 0 Å². The molecule has 4 nitrogen and oxygen atoms in total. The van der Waals surface area contributed by atoms with E-state index >= 15 is 0 Å². The third-order valence-corrected chi connectivity index (χ3v) is 3.64. The van der Waals surface area contributed by atoms with Gasteiger partial charge in [-0.15, -0.1) is 12.4 Å². The van der Waals surface area contributed by atoms with E-state index in [1.165, 1.54) is 0 Å². The lowest BCUT2D eigenvalue weighted by atomic mass is 10.3. The maximum atomic E-state index is 11.1. The maximum absolute atomic E-state index is 11.1. The molecule has 0 aliphatic rings. The molecule has 0 heterocycles. The normalized spacial score (nSPS) is 9.70. The molecule has 0 atom stereocenters. The largest absolute Gasteiger partial charge is 0.493 e. The first-order valence-corrected chi connectivity index (χ1v) is 8.04. The zero-order valence-electron chi connectivity index (χ0n) is 11.4. The summed E-state index contributed by atoms with van der Waals surface area (Å²) in [7, 11) is 1.76. The number of thioether (sulfide) groups is 1. The highest BCUT2D eigenvalue weighted by molar-refractivity contribution is 9.10. The number of nitrogens with one attached hydrogen (secondary N) is 2. The van der Waals surface area contributed by atoms with Gasteiger partial charge >= 0.3 is 0 Å². The fourth-order valence-electron chi connectivity index (χ4n) is 1.36. The number of benzene rings is 1. The summed E-state index contributed by atoms with van der Waals surface area (Å²) in [6, 6.07) is 7.80. The van der Waals surface area contributed by atoms with Crippen molar-refractivity contribution in [3.8, 4) is 5.75 Å². The SMILES string of the molecule is CNCC(=O)NCCSCCOc1cccc(Br)c1.Cl. The lowest BCUT2D eigenvalue weighted by Crippen LogP contribution is -2.33. The van der Waals surface area contributed by atoms with Crippen LogP contribution in [0.3, 0.4) is 0 Å². The van der Waals surface area contributed by atoms with Crippen molar-refractivity contribution in [2.75, 3.05) is 38.2 Å². The third-order valence-electron chi connectivity index (χ3n) is 2.20. The van der Waals surface area contributed by atoms with Gasteiger partial charge in [0.2, 0.25) is 5.91 Å². The van der Waals surface area contributed by atoms with Crippen LogP contribution in [0.5, 0.6) is 5.75 Å². The first-order valence-electron chi connectivity index (χ1n) is 6.10. The summed E-state index contributed by atoms with van der Waals surface area (Å²) in [4.78, 5) is 11.1. The summed E-state index contributed by atoms with van der Waals surface area (Å²) in [5, 5.41) is 5.64. The molecule has 0 saturated heterocycles. The summed E-state index contributed by atoms with van der Waals surface area (Å²) >= 11 is 5.17. The molecule has 114 valence electrons. The van der Waals surface area contributed by atoms with E-state index in [0.29, 0.717) is 19.7 Å². The molecule has 0 aliphatic heterocycles. The Bertz CT molecular complexity index is 396. The number of hydrogen-bond donors (Lipinski definition) is 2. The van der Waals surface area contributed by atoms with Gasteiger partial charge in [-0.2, -0.15) is 11.8 Å². The summed E-state index contributed by atoms with van der Waals surface area (Å²) in [6.07, 6.45) is 0. The van der Waals surface area contributed by atoms with Crippen LogP contribution in [0, 0.1) is 0 Å². The van der Waals surface area contributed by atoms with Crippen molar-refractivity contribution >= 4 is 46.0 Å². The Balaban J connectivity index is 0.00000361. The predicted octanol–water partition coefficient (Wildman–Crippen LogP) is 2.32. The molecule has 0 unspecified atom stereocenters. The number of hydrogen-bond acceptors (Lipinski definition) is 4. The van der Waals surface area contributed by atoms with Gasteiger partial charge in [-0.1, -0.05) is 22.0 Å². The minimum absolute atomic E-state index is 0. The van der Waals surface area contributed by atoms with E-state index in [4.69, 9.17) is 4.74 Å². The van der Waals surface area contributed by atoms with Crippen LogP contribution in [0.15, 0.2) is 28.7 Å². The van der Waals surface area contributed by atoms with Gasteiger partial charge in [-0.25, -0.2) is 0 Å². The molecule has 0 radical (unpaired) electrons. The van der Waals surface area contributed by atoms with Gasteiger partial charge in [0.1, 0.15) is 5.75 Å². The molecule has 0 aliphatic carbocycles. The second-order valence-electron chi connectivity index (χ2n) is 3.80. The summed E-state index contributed by atoms with van der Waals surface area (Å²) in [5.74, 6) is 2.72. The highest BCUT2D eigenvalue weighted by Crippen LogP contribution is 2.17. The van der Waals surface area contributed by atoms with E-state index in [0.717, 1.165) is 21.7 Å². The molecule has 1 aromatic rings. The highest BCUT2D eigenvalue weighted by atomic mass is 79.9. The van der Waals surface area contributed by atoms with Crippen LogP contribution in [0.2, 0.25) is 0 Å². The average molecular weight is 384 g/mol. The molecule has 20 heavy (non-hydrogen) atoms. The van der Waals surface area contributed by atoms with Crippen molar-refractivity contribution in [1.29, 1.82) is 0 Å². The first kappa shape index (κ1) is 19.6. The van der Waals surface area contributed by atoms with Gasteiger partial charge < -0.3 is 15.4 Å². The Morgan fingerprint density at radius 1 is 1.40 bits per heavy atom. The van der Waals surface area contributed by atoms with Crippen molar-refractivity contribution in [1.82, 2.24) is 10.6 Å². The third kappa shape index (κ3) is 9.47. The van der Waals surface area contributed by atoms with Crippen molar-refractivity contribution in [2.24, 2.45) is 0 Å². The number of amides is 1. The smallest absolute Gasteiger partial charge is 0.233 e. The van der Waals surface area contributed by atoms with Crippen LogP contribution in [-0.2, 0) is 4.79 Å². The molecule has 2 N–H and O–H groups in total. The Kier molecular flexibility index (Phi) is 12.1. The maximum Gasteiger partial charge on any atom is 0.233 e. The van der Waals surface area contributed by atoms with Crippen LogP contribution in [0.4, 0.5) is 0 Å². The zero-order valence-corrected chi connectivity index (χ0v) is 14.6. The number of halogens is 2. The summed E-state index contributed by atoms with van der Waals surface area (Å²) in [6.45, 7) is 1.74. The summed E-state index contributed by atoms with van der Waals surface area (Å²) in [5.41, 5.74) is 0. The standard InChI is InChI=1S/C13H19BrN2O2S.ClH/c1-15-10-13(17)16-5-7-19-8-6-18-12-4-2-3-11(14)9-12;/h2-4,9,15H,5-8,10H2,1H3,(H,16,17);1H. The minimum Gasteiger partial charge on any atom is -0.493 e. The number of carbonyl (C=O) groups excluding carboxylic acids is 1.